The van der Waals surface area contributed by atoms with Gasteiger partial charge in [-0.15, -0.1) is 0 Å². The van der Waals surface area contributed by atoms with E-state index in [2.05, 4.69) is 30.7 Å². The van der Waals surface area contributed by atoms with Crippen LogP contribution in [-0.4, -0.2) is 27.8 Å². The molecular weight excluding hydrogens is 364 g/mol. The first-order valence-electron chi connectivity index (χ1n) is 9.67. The molecule has 0 spiro atoms. The third-order valence-corrected chi connectivity index (χ3v) is 5.00. The fraction of sp³-hybridized carbons (Fsp3) is 0.333. The van der Waals surface area contributed by atoms with Crippen LogP contribution in [0, 0.1) is 13.8 Å². The second kappa shape index (κ2) is 7.74. The molecule has 5 heteroatoms. The fourth-order valence-corrected chi connectivity index (χ4v) is 3.01. The SMILES string of the molecule is Cc1nc2ccc(C(=O)O[C@@H](C)C(=O)c3ccc(C(C)(C)C)cc3)cc2nc1C. The minimum atomic E-state index is -0.885. The Labute approximate surface area is 171 Å². The molecule has 0 aliphatic carbocycles. The van der Waals surface area contributed by atoms with Crippen molar-refractivity contribution in [3.05, 3.63) is 70.5 Å². The van der Waals surface area contributed by atoms with Gasteiger partial charge < -0.3 is 4.74 Å². The number of fused-ring (bicyclic) bond motifs is 1. The maximum Gasteiger partial charge on any atom is 0.338 e. The summed E-state index contributed by atoms with van der Waals surface area (Å²) in [6.45, 7) is 11.7. The number of ether oxygens (including phenoxy) is 1. The van der Waals surface area contributed by atoms with Crippen LogP contribution in [0.3, 0.4) is 0 Å². The number of nitrogens with zero attached hydrogens (tertiary/aromatic N) is 2. The van der Waals surface area contributed by atoms with Gasteiger partial charge in [-0.3, -0.25) is 4.79 Å². The van der Waals surface area contributed by atoms with Gasteiger partial charge in [-0.1, -0.05) is 45.0 Å². The van der Waals surface area contributed by atoms with Gasteiger partial charge in [0.25, 0.3) is 0 Å². The molecule has 2 aromatic carbocycles. The Morgan fingerprint density at radius 3 is 2.00 bits per heavy atom. The second-order valence-corrected chi connectivity index (χ2v) is 8.34. The third kappa shape index (κ3) is 4.50. The second-order valence-electron chi connectivity index (χ2n) is 8.34. The Bertz CT molecular complexity index is 1080. The minimum Gasteiger partial charge on any atom is -0.451 e. The zero-order chi connectivity index (χ0) is 21.3. The van der Waals surface area contributed by atoms with Gasteiger partial charge in [0.2, 0.25) is 5.78 Å². The van der Waals surface area contributed by atoms with Crippen molar-refractivity contribution in [2.75, 3.05) is 0 Å². The van der Waals surface area contributed by atoms with Crippen LogP contribution in [0.1, 0.15) is 65.4 Å². The number of rotatable bonds is 4. The van der Waals surface area contributed by atoms with E-state index in [1.54, 1.807) is 37.3 Å². The van der Waals surface area contributed by atoms with E-state index in [4.69, 9.17) is 4.74 Å². The molecule has 0 saturated carbocycles. The normalized spacial score (nSPS) is 12.6. The summed E-state index contributed by atoms with van der Waals surface area (Å²) in [5.41, 5.74) is 5.02. The average Bonchev–Trinajstić information content (AvgIpc) is 2.67. The van der Waals surface area contributed by atoms with Crippen LogP contribution in [0.4, 0.5) is 0 Å². The van der Waals surface area contributed by atoms with E-state index in [9.17, 15) is 9.59 Å². The van der Waals surface area contributed by atoms with Crippen molar-refractivity contribution in [2.45, 2.75) is 53.1 Å². The fourth-order valence-electron chi connectivity index (χ4n) is 3.01. The van der Waals surface area contributed by atoms with Gasteiger partial charge in [0.1, 0.15) is 0 Å². The first-order valence-corrected chi connectivity index (χ1v) is 9.67. The Kier molecular flexibility index (Phi) is 5.51. The predicted octanol–water partition coefficient (Wildman–Crippen LogP) is 4.97. The minimum absolute atomic E-state index is 0.00945. The highest BCUT2D eigenvalue weighted by Crippen LogP contribution is 2.23. The highest BCUT2D eigenvalue weighted by Gasteiger charge is 2.22. The highest BCUT2D eigenvalue weighted by molar-refractivity contribution is 6.02. The third-order valence-electron chi connectivity index (χ3n) is 5.00. The molecule has 29 heavy (non-hydrogen) atoms. The molecule has 5 nitrogen and oxygen atoms in total. The largest absolute Gasteiger partial charge is 0.451 e. The lowest BCUT2D eigenvalue weighted by molar-refractivity contribution is 0.0319. The average molecular weight is 390 g/mol. The highest BCUT2D eigenvalue weighted by atomic mass is 16.5. The van der Waals surface area contributed by atoms with E-state index >= 15 is 0 Å². The first-order chi connectivity index (χ1) is 13.6. The molecule has 1 heterocycles. The number of Topliss-reactive ketones (excluding diaryl/α,β-unsaturated/α-hetero) is 1. The van der Waals surface area contributed by atoms with Gasteiger partial charge >= 0.3 is 5.97 Å². The Hall–Kier alpha value is -3.08. The Morgan fingerprint density at radius 1 is 0.862 bits per heavy atom. The lowest BCUT2D eigenvalue weighted by atomic mass is 9.86. The topological polar surface area (TPSA) is 69.2 Å². The number of carbonyl (C=O) groups is 2. The van der Waals surface area contributed by atoms with Crippen LogP contribution in [0.2, 0.25) is 0 Å². The summed E-state index contributed by atoms with van der Waals surface area (Å²) in [6.07, 6.45) is -0.885. The summed E-state index contributed by atoms with van der Waals surface area (Å²) >= 11 is 0. The van der Waals surface area contributed by atoms with Crippen molar-refractivity contribution in [1.29, 1.82) is 0 Å². The van der Waals surface area contributed by atoms with Crippen LogP contribution >= 0.6 is 0 Å². The van der Waals surface area contributed by atoms with E-state index < -0.39 is 12.1 Å². The molecule has 150 valence electrons. The number of hydrogen-bond acceptors (Lipinski definition) is 5. The van der Waals surface area contributed by atoms with Gasteiger partial charge in [-0.25, -0.2) is 14.8 Å². The summed E-state index contributed by atoms with van der Waals surface area (Å²) in [5, 5.41) is 0. The molecule has 0 unspecified atom stereocenters. The molecule has 3 rings (SSSR count). The van der Waals surface area contributed by atoms with Crippen LogP contribution < -0.4 is 0 Å². The maximum atomic E-state index is 12.7. The van der Waals surface area contributed by atoms with E-state index in [0.717, 1.165) is 17.0 Å². The summed E-state index contributed by atoms with van der Waals surface area (Å²) in [5.74, 6) is -0.787. The monoisotopic (exact) mass is 390 g/mol. The summed E-state index contributed by atoms with van der Waals surface area (Å²) in [7, 11) is 0. The Balaban J connectivity index is 1.75. The van der Waals surface area contributed by atoms with Gasteiger partial charge in [0.05, 0.1) is 28.0 Å². The number of carbonyl (C=O) groups excluding carboxylic acids is 2. The van der Waals surface area contributed by atoms with Gasteiger partial charge in [-0.05, 0) is 49.9 Å². The first kappa shape index (κ1) is 20.6. The van der Waals surface area contributed by atoms with Crippen LogP contribution in [0.15, 0.2) is 42.5 Å². The van der Waals surface area contributed by atoms with Crippen LogP contribution in [-0.2, 0) is 10.2 Å². The molecule has 3 aromatic rings. The van der Waals surface area contributed by atoms with Crippen LogP contribution in [0.25, 0.3) is 11.0 Å². The van der Waals surface area contributed by atoms with Crippen molar-refractivity contribution < 1.29 is 14.3 Å². The van der Waals surface area contributed by atoms with Crippen molar-refractivity contribution in [3.8, 4) is 0 Å². The number of aryl methyl sites for hydroxylation is 2. The molecule has 0 fully saturated rings. The molecule has 0 aliphatic heterocycles. The molecule has 0 saturated heterocycles. The number of aromatic nitrogens is 2. The lowest BCUT2D eigenvalue weighted by Crippen LogP contribution is -2.24. The van der Waals surface area contributed by atoms with Crippen molar-refractivity contribution in [3.63, 3.8) is 0 Å². The number of hydrogen-bond donors (Lipinski definition) is 0. The van der Waals surface area contributed by atoms with Crippen molar-refractivity contribution >= 4 is 22.8 Å². The molecule has 0 radical (unpaired) electrons. The predicted molar refractivity (Wildman–Crippen MR) is 113 cm³/mol. The van der Waals surface area contributed by atoms with Gasteiger partial charge in [0, 0.05) is 5.56 Å². The standard InChI is InChI=1S/C24H26N2O3/c1-14-15(2)26-21-13-18(9-12-20(21)25-14)23(28)29-16(3)22(27)17-7-10-19(11-8-17)24(4,5)6/h7-13,16H,1-6H3/t16-/m0/s1. The van der Waals surface area contributed by atoms with Gasteiger partial charge in [0.15, 0.2) is 6.10 Å². The quantitative estimate of drug-likeness (QED) is 0.464. The zero-order valence-electron chi connectivity index (χ0n) is 17.7. The van der Waals surface area contributed by atoms with Crippen molar-refractivity contribution in [1.82, 2.24) is 9.97 Å². The molecule has 1 aromatic heterocycles. The number of esters is 1. The van der Waals surface area contributed by atoms with E-state index in [1.807, 2.05) is 26.0 Å². The van der Waals surface area contributed by atoms with Crippen molar-refractivity contribution in [2.24, 2.45) is 0 Å². The Morgan fingerprint density at radius 2 is 1.41 bits per heavy atom. The molecular formula is C24H26N2O3. The van der Waals surface area contributed by atoms with Gasteiger partial charge in [-0.2, -0.15) is 0 Å². The van der Waals surface area contributed by atoms with E-state index in [-0.39, 0.29) is 11.2 Å². The smallest absolute Gasteiger partial charge is 0.338 e. The zero-order valence-corrected chi connectivity index (χ0v) is 17.7. The van der Waals surface area contributed by atoms with E-state index in [1.165, 1.54) is 0 Å². The molecule has 0 amide bonds. The van der Waals surface area contributed by atoms with Crippen LogP contribution in [0.5, 0.6) is 0 Å². The summed E-state index contributed by atoms with van der Waals surface area (Å²) in [4.78, 5) is 34.1. The summed E-state index contributed by atoms with van der Waals surface area (Å²) < 4.78 is 5.42. The molecule has 0 N–H and O–H groups in total. The maximum absolute atomic E-state index is 12.7. The van der Waals surface area contributed by atoms with E-state index in [0.29, 0.717) is 22.2 Å². The molecule has 1 atom stereocenters. The molecule has 0 bridgehead atoms. The lowest BCUT2D eigenvalue weighted by Gasteiger charge is -2.19. The number of ketones is 1. The molecule has 0 aliphatic rings. The summed E-state index contributed by atoms with van der Waals surface area (Å²) in [6, 6.07) is 12.5. The number of benzene rings is 2.